The second kappa shape index (κ2) is 9.98. The molecular formula is C22H35N3O2. The Morgan fingerprint density at radius 1 is 1.26 bits per heavy atom. The van der Waals surface area contributed by atoms with Crippen LogP contribution in [-0.2, 0) is 11.2 Å². The largest absolute Gasteiger partial charge is 0.494 e. The van der Waals surface area contributed by atoms with Gasteiger partial charge in [-0.15, -0.1) is 0 Å². The Labute approximate surface area is 164 Å². The molecule has 1 N–H and O–H groups in total. The zero-order valence-electron chi connectivity index (χ0n) is 17.0. The molecule has 1 atom stereocenters. The van der Waals surface area contributed by atoms with Crippen molar-refractivity contribution >= 4 is 5.96 Å². The minimum atomic E-state index is 0.365. The van der Waals surface area contributed by atoms with E-state index in [0.29, 0.717) is 5.41 Å². The Balaban J connectivity index is 1.50. The van der Waals surface area contributed by atoms with Crippen molar-refractivity contribution in [2.45, 2.75) is 46.0 Å². The number of benzene rings is 1. The fourth-order valence-corrected chi connectivity index (χ4v) is 3.89. The van der Waals surface area contributed by atoms with E-state index in [9.17, 15) is 0 Å². The fraction of sp³-hybridized carbons (Fsp3) is 0.682. The molecule has 5 nitrogen and oxygen atoms in total. The number of nitrogens with zero attached hydrogens (tertiary/aromatic N) is 2. The molecule has 2 fully saturated rings. The number of rotatable bonds is 8. The number of likely N-dealkylation sites (tertiary alicyclic amines) is 1. The molecule has 0 radical (unpaired) electrons. The Morgan fingerprint density at radius 2 is 2.11 bits per heavy atom. The summed E-state index contributed by atoms with van der Waals surface area (Å²) >= 11 is 0. The maximum absolute atomic E-state index is 5.73. The van der Waals surface area contributed by atoms with Crippen LogP contribution in [0.3, 0.4) is 0 Å². The quantitative estimate of drug-likeness (QED) is 0.430. The van der Waals surface area contributed by atoms with Crippen molar-refractivity contribution in [2.24, 2.45) is 10.4 Å². The second-order valence-electron chi connectivity index (χ2n) is 7.81. The number of guanidine groups is 1. The smallest absolute Gasteiger partial charge is 0.193 e. The predicted octanol–water partition coefficient (Wildman–Crippen LogP) is 3.49. The van der Waals surface area contributed by atoms with Crippen LogP contribution in [0.1, 0.15) is 45.1 Å². The molecule has 1 aromatic rings. The van der Waals surface area contributed by atoms with E-state index < -0.39 is 0 Å². The van der Waals surface area contributed by atoms with Crippen LogP contribution in [-0.4, -0.2) is 56.9 Å². The van der Waals surface area contributed by atoms with E-state index in [4.69, 9.17) is 14.5 Å². The van der Waals surface area contributed by atoms with Crippen molar-refractivity contribution in [3.63, 3.8) is 0 Å². The highest BCUT2D eigenvalue weighted by Gasteiger charge is 2.42. The summed E-state index contributed by atoms with van der Waals surface area (Å²) in [5, 5.41) is 3.47. The molecule has 2 aliphatic rings. The third kappa shape index (κ3) is 5.61. The first-order valence-electron chi connectivity index (χ1n) is 10.6. The maximum atomic E-state index is 5.73. The van der Waals surface area contributed by atoms with Gasteiger partial charge in [0.15, 0.2) is 5.96 Å². The van der Waals surface area contributed by atoms with E-state index in [-0.39, 0.29) is 0 Å². The van der Waals surface area contributed by atoms with Gasteiger partial charge in [-0.05, 0) is 50.3 Å². The highest BCUT2D eigenvalue weighted by molar-refractivity contribution is 5.80. The molecular weight excluding hydrogens is 338 g/mol. The van der Waals surface area contributed by atoms with Crippen molar-refractivity contribution in [3.05, 3.63) is 29.8 Å². The average molecular weight is 374 g/mol. The molecule has 5 heteroatoms. The first-order valence-corrected chi connectivity index (χ1v) is 10.6. The lowest BCUT2D eigenvalue weighted by Crippen LogP contribution is -2.41. The van der Waals surface area contributed by atoms with Gasteiger partial charge in [0, 0.05) is 38.2 Å². The predicted molar refractivity (Wildman–Crippen MR) is 111 cm³/mol. The van der Waals surface area contributed by atoms with Crippen LogP contribution in [0.15, 0.2) is 29.3 Å². The van der Waals surface area contributed by atoms with Gasteiger partial charge in [0.05, 0.1) is 13.2 Å². The highest BCUT2D eigenvalue weighted by Crippen LogP contribution is 2.38. The third-order valence-corrected chi connectivity index (χ3v) is 5.61. The molecule has 150 valence electrons. The van der Waals surface area contributed by atoms with Gasteiger partial charge in [-0.25, -0.2) is 0 Å². The number of nitrogens with one attached hydrogen (secondary N) is 1. The normalized spacial score (nSPS) is 22.6. The minimum Gasteiger partial charge on any atom is -0.494 e. The first-order chi connectivity index (χ1) is 13.2. The fourth-order valence-electron chi connectivity index (χ4n) is 3.89. The highest BCUT2D eigenvalue weighted by atomic mass is 16.5. The summed E-state index contributed by atoms with van der Waals surface area (Å²) in [6.45, 7) is 10.8. The molecule has 0 bridgehead atoms. The monoisotopic (exact) mass is 373 g/mol. The van der Waals surface area contributed by atoms with Gasteiger partial charge in [0.25, 0.3) is 0 Å². The van der Waals surface area contributed by atoms with Gasteiger partial charge in [-0.1, -0.05) is 25.5 Å². The number of unbranched alkanes of at least 4 members (excludes halogenated alkanes) is 1. The van der Waals surface area contributed by atoms with Crippen molar-refractivity contribution < 1.29 is 9.47 Å². The number of aliphatic imine (C=N–C) groups is 1. The van der Waals surface area contributed by atoms with Crippen molar-refractivity contribution in [1.29, 1.82) is 0 Å². The van der Waals surface area contributed by atoms with Gasteiger partial charge in [0.1, 0.15) is 5.75 Å². The van der Waals surface area contributed by atoms with Gasteiger partial charge in [0.2, 0.25) is 0 Å². The number of ether oxygens (including phenoxy) is 2. The van der Waals surface area contributed by atoms with Crippen LogP contribution in [0.5, 0.6) is 5.75 Å². The standard InChI is InChI=1S/C22H35N3O2/c1-3-5-15-27-20-8-6-19(7-9-20)10-13-24-21(23-4-2)25-14-11-22(17-25)12-16-26-18-22/h6-9H,3-5,10-18H2,1-2H3,(H,23,24). The molecule has 1 unspecified atom stereocenters. The lowest BCUT2D eigenvalue weighted by molar-refractivity contribution is 0.156. The van der Waals surface area contributed by atoms with Crippen molar-refractivity contribution in [2.75, 3.05) is 46.0 Å². The van der Waals surface area contributed by atoms with Gasteiger partial charge >= 0.3 is 0 Å². The molecule has 0 saturated carbocycles. The Morgan fingerprint density at radius 3 is 2.81 bits per heavy atom. The molecule has 2 saturated heterocycles. The molecule has 27 heavy (non-hydrogen) atoms. The Bertz CT molecular complexity index is 594. The Hall–Kier alpha value is -1.75. The number of hydrogen-bond donors (Lipinski definition) is 1. The Kier molecular flexibility index (Phi) is 7.39. The van der Waals surface area contributed by atoms with Gasteiger partial charge in [-0.3, -0.25) is 4.99 Å². The molecule has 0 aromatic heterocycles. The molecule has 0 aliphatic carbocycles. The van der Waals surface area contributed by atoms with Crippen molar-refractivity contribution in [3.8, 4) is 5.75 Å². The first kappa shape index (κ1) is 20.0. The SMILES string of the molecule is CCCCOc1ccc(CCN=C(NCC)N2CCC3(CCOC3)C2)cc1. The molecule has 1 aromatic carbocycles. The van der Waals surface area contributed by atoms with E-state index in [1.807, 2.05) is 0 Å². The topological polar surface area (TPSA) is 46.1 Å². The van der Waals surface area contributed by atoms with Crippen LogP contribution in [0.2, 0.25) is 0 Å². The third-order valence-electron chi connectivity index (χ3n) is 5.61. The number of hydrogen-bond acceptors (Lipinski definition) is 3. The van der Waals surface area contributed by atoms with E-state index in [1.165, 1.54) is 18.4 Å². The van der Waals surface area contributed by atoms with E-state index >= 15 is 0 Å². The van der Waals surface area contributed by atoms with Crippen LogP contribution < -0.4 is 10.1 Å². The summed E-state index contributed by atoms with van der Waals surface area (Å²) < 4.78 is 11.4. The average Bonchev–Trinajstić information content (AvgIpc) is 3.32. The lowest BCUT2D eigenvalue weighted by Gasteiger charge is -2.25. The lowest BCUT2D eigenvalue weighted by atomic mass is 9.87. The molecule has 0 amide bonds. The van der Waals surface area contributed by atoms with Crippen LogP contribution >= 0.6 is 0 Å². The summed E-state index contributed by atoms with van der Waals surface area (Å²) in [4.78, 5) is 7.31. The van der Waals surface area contributed by atoms with E-state index in [0.717, 1.165) is 77.0 Å². The molecule has 3 rings (SSSR count). The minimum absolute atomic E-state index is 0.365. The van der Waals surface area contributed by atoms with Crippen LogP contribution in [0.25, 0.3) is 0 Å². The van der Waals surface area contributed by atoms with Gasteiger partial charge < -0.3 is 19.7 Å². The summed E-state index contributed by atoms with van der Waals surface area (Å²) in [7, 11) is 0. The second-order valence-corrected chi connectivity index (χ2v) is 7.81. The molecule has 1 spiro atoms. The van der Waals surface area contributed by atoms with E-state index in [2.05, 4.69) is 48.3 Å². The zero-order valence-corrected chi connectivity index (χ0v) is 17.0. The van der Waals surface area contributed by atoms with Crippen LogP contribution in [0.4, 0.5) is 0 Å². The van der Waals surface area contributed by atoms with Gasteiger partial charge in [-0.2, -0.15) is 0 Å². The molecule has 2 aliphatic heterocycles. The van der Waals surface area contributed by atoms with E-state index in [1.54, 1.807) is 0 Å². The summed E-state index contributed by atoms with van der Waals surface area (Å²) in [5.74, 6) is 2.02. The maximum Gasteiger partial charge on any atom is 0.193 e. The molecule has 2 heterocycles. The summed E-state index contributed by atoms with van der Waals surface area (Å²) in [6, 6.07) is 8.46. The summed E-state index contributed by atoms with van der Waals surface area (Å²) in [5.41, 5.74) is 1.67. The van der Waals surface area contributed by atoms with Crippen LogP contribution in [0, 0.1) is 5.41 Å². The van der Waals surface area contributed by atoms with Crippen molar-refractivity contribution in [1.82, 2.24) is 10.2 Å². The summed E-state index contributed by atoms with van der Waals surface area (Å²) in [6.07, 6.45) is 5.63. The zero-order chi connectivity index (χ0) is 19.0.